The van der Waals surface area contributed by atoms with E-state index in [1.165, 1.54) is 75.5 Å². The summed E-state index contributed by atoms with van der Waals surface area (Å²) in [6.45, 7) is 2.40. The predicted octanol–water partition coefficient (Wildman–Crippen LogP) is 5.63. The summed E-state index contributed by atoms with van der Waals surface area (Å²) >= 11 is 0. The van der Waals surface area contributed by atoms with E-state index >= 15 is 0 Å². The zero-order valence-corrected chi connectivity index (χ0v) is 15.8. The highest BCUT2D eigenvalue weighted by atomic mass is 16.3. The molecule has 1 aliphatic heterocycles. The van der Waals surface area contributed by atoms with Gasteiger partial charge in [0.1, 0.15) is 5.75 Å². The van der Waals surface area contributed by atoms with Crippen LogP contribution in [0, 0.1) is 11.3 Å². The molecule has 1 N–H and O–H groups in total. The Morgan fingerprint density at radius 3 is 2.73 bits per heavy atom. The van der Waals surface area contributed by atoms with Crippen molar-refractivity contribution in [2.24, 2.45) is 11.3 Å². The lowest BCUT2D eigenvalue weighted by Crippen LogP contribution is -2.56. The highest BCUT2D eigenvalue weighted by Crippen LogP contribution is 2.59. The molecule has 2 nitrogen and oxygen atoms in total. The molecule has 1 aromatic carbocycles. The molecule has 1 heterocycles. The smallest absolute Gasteiger partial charge is 0.116 e. The van der Waals surface area contributed by atoms with Crippen LogP contribution in [-0.4, -0.2) is 23.1 Å². The summed E-state index contributed by atoms with van der Waals surface area (Å²) in [6.07, 6.45) is 22.0. The topological polar surface area (TPSA) is 23.5 Å². The Hall–Kier alpha value is -1.70. The first-order valence-corrected chi connectivity index (χ1v) is 10.7. The van der Waals surface area contributed by atoms with Crippen LogP contribution in [0.3, 0.4) is 0 Å². The molecule has 2 heteroatoms. The van der Waals surface area contributed by atoms with Gasteiger partial charge < -0.3 is 10.0 Å². The molecule has 5 rings (SSSR count). The molecule has 0 aromatic heterocycles. The van der Waals surface area contributed by atoms with Gasteiger partial charge in [0, 0.05) is 23.9 Å². The second kappa shape index (κ2) is 6.18. The first kappa shape index (κ1) is 16.5. The van der Waals surface area contributed by atoms with Crippen molar-refractivity contribution in [2.75, 3.05) is 13.1 Å². The molecule has 4 aliphatic rings. The normalized spacial score (nSPS) is 33.5. The van der Waals surface area contributed by atoms with Crippen LogP contribution in [0.25, 0.3) is 6.08 Å². The van der Waals surface area contributed by atoms with Crippen LogP contribution >= 0.6 is 0 Å². The van der Waals surface area contributed by atoms with E-state index in [0.29, 0.717) is 5.75 Å². The summed E-state index contributed by atoms with van der Waals surface area (Å²) in [6, 6.07) is 6.02. The molecule has 0 amide bonds. The van der Waals surface area contributed by atoms with Gasteiger partial charge in [0.25, 0.3) is 0 Å². The summed E-state index contributed by atoms with van der Waals surface area (Å²) in [5.74, 6) is 1.27. The Bertz CT molecular complexity index is 745. The van der Waals surface area contributed by atoms with E-state index in [9.17, 15) is 5.11 Å². The van der Waals surface area contributed by atoms with E-state index in [2.05, 4.69) is 35.4 Å². The van der Waals surface area contributed by atoms with Gasteiger partial charge in [-0.3, -0.25) is 0 Å². The zero-order chi connectivity index (χ0) is 17.6. The summed E-state index contributed by atoms with van der Waals surface area (Å²) in [7, 11) is 0. The molecule has 0 saturated heterocycles. The number of phenolic OH excluding ortho intramolecular Hbond substituents is 1. The number of allylic oxidation sites excluding steroid dienone is 1. The van der Waals surface area contributed by atoms with Crippen molar-refractivity contribution in [3.63, 3.8) is 0 Å². The van der Waals surface area contributed by atoms with Gasteiger partial charge in [-0.2, -0.15) is 0 Å². The Kier molecular flexibility index (Phi) is 3.92. The standard InChI is InChI=1S/C24H31NO/c26-21-8-9-22-20(16-21)10-13-23-11-4-5-12-24(22,23)14-15-25(18-23)17-19-6-2-1-3-7-19/h8-10,13-16,19,26H,1-7,11-12,17-18H2. The van der Waals surface area contributed by atoms with Crippen molar-refractivity contribution in [3.8, 4) is 5.75 Å². The highest BCUT2D eigenvalue weighted by Gasteiger charge is 2.55. The minimum Gasteiger partial charge on any atom is -0.508 e. The van der Waals surface area contributed by atoms with Crippen LogP contribution in [0.2, 0.25) is 0 Å². The molecule has 2 saturated carbocycles. The molecule has 2 fully saturated rings. The van der Waals surface area contributed by atoms with Gasteiger partial charge in [-0.25, -0.2) is 0 Å². The van der Waals surface area contributed by atoms with Crippen LogP contribution in [0.15, 0.2) is 36.6 Å². The number of phenols is 1. The number of fused-ring (bicyclic) bond motifs is 1. The number of hydrogen-bond donors (Lipinski definition) is 1. The van der Waals surface area contributed by atoms with E-state index < -0.39 is 0 Å². The fourth-order valence-corrected chi connectivity index (χ4v) is 6.38. The first-order chi connectivity index (χ1) is 12.7. The Morgan fingerprint density at radius 1 is 1.00 bits per heavy atom. The maximum absolute atomic E-state index is 9.94. The average Bonchev–Trinajstić information content (AvgIpc) is 2.67. The number of hydrogen-bond acceptors (Lipinski definition) is 2. The molecule has 138 valence electrons. The van der Waals surface area contributed by atoms with Crippen molar-refractivity contribution in [1.82, 2.24) is 4.90 Å². The highest BCUT2D eigenvalue weighted by molar-refractivity contribution is 5.65. The Labute approximate surface area is 157 Å². The van der Waals surface area contributed by atoms with Gasteiger partial charge in [-0.1, -0.05) is 56.4 Å². The molecule has 0 spiro atoms. The van der Waals surface area contributed by atoms with Crippen LogP contribution in [0.5, 0.6) is 5.75 Å². The minimum absolute atomic E-state index is 0.131. The van der Waals surface area contributed by atoms with Crippen molar-refractivity contribution >= 4 is 6.08 Å². The molecule has 3 aliphatic carbocycles. The Balaban J connectivity index is 1.51. The minimum atomic E-state index is 0.131. The van der Waals surface area contributed by atoms with Crippen molar-refractivity contribution in [2.45, 2.75) is 63.2 Å². The fraction of sp³-hybridized carbons (Fsp3) is 0.583. The van der Waals surface area contributed by atoms with Crippen molar-refractivity contribution < 1.29 is 5.11 Å². The first-order valence-electron chi connectivity index (χ1n) is 10.7. The van der Waals surface area contributed by atoms with E-state index in [1.54, 1.807) is 0 Å². The van der Waals surface area contributed by atoms with Crippen LogP contribution < -0.4 is 0 Å². The SMILES string of the molecule is Oc1ccc2c(c1)C=CC13CCCCC21C=CN(CC1CCCCC1)C3. The summed E-state index contributed by atoms with van der Waals surface area (Å²) in [5.41, 5.74) is 3.02. The third-order valence-corrected chi connectivity index (χ3v) is 7.70. The van der Waals surface area contributed by atoms with Gasteiger partial charge in [-0.05, 0) is 61.1 Å². The predicted molar refractivity (Wildman–Crippen MR) is 107 cm³/mol. The third kappa shape index (κ3) is 2.45. The zero-order valence-electron chi connectivity index (χ0n) is 15.8. The van der Waals surface area contributed by atoms with E-state index in [-0.39, 0.29) is 10.8 Å². The lowest BCUT2D eigenvalue weighted by Gasteiger charge is -2.58. The lowest BCUT2D eigenvalue weighted by molar-refractivity contribution is 0.0755. The summed E-state index contributed by atoms with van der Waals surface area (Å²) < 4.78 is 0. The largest absolute Gasteiger partial charge is 0.508 e. The molecular formula is C24H31NO. The van der Waals surface area contributed by atoms with Crippen LogP contribution in [0.1, 0.15) is 68.9 Å². The van der Waals surface area contributed by atoms with Gasteiger partial charge in [-0.15, -0.1) is 0 Å². The van der Waals surface area contributed by atoms with E-state index in [4.69, 9.17) is 0 Å². The molecule has 26 heavy (non-hydrogen) atoms. The van der Waals surface area contributed by atoms with Gasteiger partial charge >= 0.3 is 0 Å². The van der Waals surface area contributed by atoms with Crippen molar-refractivity contribution in [1.29, 1.82) is 0 Å². The summed E-state index contributed by atoms with van der Waals surface area (Å²) in [5, 5.41) is 9.94. The number of nitrogens with zero attached hydrogens (tertiary/aromatic N) is 1. The second-order valence-electron chi connectivity index (χ2n) is 9.19. The van der Waals surface area contributed by atoms with Crippen LogP contribution in [-0.2, 0) is 5.41 Å². The Morgan fingerprint density at radius 2 is 1.85 bits per heavy atom. The molecule has 0 bridgehead atoms. The second-order valence-corrected chi connectivity index (χ2v) is 9.19. The monoisotopic (exact) mass is 349 g/mol. The number of benzene rings is 1. The fourth-order valence-electron chi connectivity index (χ4n) is 6.38. The van der Waals surface area contributed by atoms with Crippen LogP contribution in [0.4, 0.5) is 0 Å². The molecule has 0 radical (unpaired) electrons. The third-order valence-electron chi connectivity index (χ3n) is 7.70. The summed E-state index contributed by atoms with van der Waals surface area (Å²) in [4.78, 5) is 2.63. The maximum atomic E-state index is 9.94. The quantitative estimate of drug-likeness (QED) is 0.748. The molecule has 2 unspecified atom stereocenters. The van der Waals surface area contributed by atoms with E-state index in [1.807, 2.05) is 12.1 Å². The number of rotatable bonds is 2. The maximum Gasteiger partial charge on any atom is 0.116 e. The average molecular weight is 350 g/mol. The lowest BCUT2D eigenvalue weighted by atomic mass is 9.49. The molecule has 1 aromatic rings. The van der Waals surface area contributed by atoms with Crippen molar-refractivity contribution in [3.05, 3.63) is 47.7 Å². The van der Waals surface area contributed by atoms with Gasteiger partial charge in [0.2, 0.25) is 0 Å². The number of aromatic hydroxyl groups is 1. The van der Waals surface area contributed by atoms with Gasteiger partial charge in [0.15, 0.2) is 0 Å². The van der Waals surface area contributed by atoms with E-state index in [0.717, 1.165) is 12.5 Å². The van der Waals surface area contributed by atoms with Gasteiger partial charge in [0.05, 0.1) is 0 Å². The molecule has 2 atom stereocenters. The molecular weight excluding hydrogens is 318 g/mol.